The zero-order chi connectivity index (χ0) is 16.7. The van der Waals surface area contributed by atoms with Gasteiger partial charge in [0.05, 0.1) is 13.2 Å². The minimum atomic E-state index is -0.405. The van der Waals surface area contributed by atoms with E-state index in [0.717, 1.165) is 13.1 Å². The molecule has 2 saturated heterocycles. The van der Waals surface area contributed by atoms with Crippen LogP contribution in [0.1, 0.15) is 39.5 Å². The molecular formula is C17H31N3O3. The van der Waals surface area contributed by atoms with Gasteiger partial charge in [-0.1, -0.05) is 13.8 Å². The van der Waals surface area contributed by atoms with Crippen molar-refractivity contribution in [2.24, 2.45) is 11.8 Å². The second-order valence-electron chi connectivity index (χ2n) is 6.75. The van der Waals surface area contributed by atoms with E-state index >= 15 is 0 Å². The van der Waals surface area contributed by atoms with E-state index in [1.165, 1.54) is 12.8 Å². The van der Waals surface area contributed by atoms with Gasteiger partial charge in [0.15, 0.2) is 0 Å². The van der Waals surface area contributed by atoms with Gasteiger partial charge in [0.25, 0.3) is 0 Å². The van der Waals surface area contributed by atoms with Crippen molar-refractivity contribution in [1.29, 1.82) is 0 Å². The van der Waals surface area contributed by atoms with Crippen molar-refractivity contribution < 1.29 is 14.3 Å². The molecule has 2 N–H and O–H groups in total. The number of hydrogen-bond donors (Lipinski definition) is 2. The monoisotopic (exact) mass is 325 g/mol. The average molecular weight is 325 g/mol. The van der Waals surface area contributed by atoms with E-state index in [2.05, 4.69) is 17.6 Å². The first-order valence-electron chi connectivity index (χ1n) is 8.98. The van der Waals surface area contributed by atoms with Gasteiger partial charge in [0.2, 0.25) is 11.8 Å². The van der Waals surface area contributed by atoms with Crippen molar-refractivity contribution in [2.75, 3.05) is 39.4 Å². The van der Waals surface area contributed by atoms with Gasteiger partial charge in [-0.2, -0.15) is 0 Å². The Bertz CT molecular complexity index is 391. The summed E-state index contributed by atoms with van der Waals surface area (Å²) in [7, 11) is 0. The van der Waals surface area contributed by atoms with Crippen LogP contribution in [-0.4, -0.2) is 62.1 Å². The molecule has 0 spiro atoms. The molecule has 2 fully saturated rings. The van der Waals surface area contributed by atoms with Crippen LogP contribution in [0.4, 0.5) is 0 Å². The summed E-state index contributed by atoms with van der Waals surface area (Å²) in [5, 5.41) is 6.34. The fourth-order valence-corrected chi connectivity index (χ4v) is 3.42. The fourth-order valence-electron chi connectivity index (χ4n) is 3.42. The van der Waals surface area contributed by atoms with Crippen molar-refractivity contribution in [3.8, 4) is 0 Å². The predicted molar refractivity (Wildman–Crippen MR) is 89.0 cm³/mol. The number of nitrogens with zero attached hydrogens (tertiary/aromatic N) is 1. The largest absolute Gasteiger partial charge is 0.378 e. The summed E-state index contributed by atoms with van der Waals surface area (Å²) >= 11 is 0. The minimum absolute atomic E-state index is 0.00321. The maximum Gasteiger partial charge on any atom is 0.245 e. The van der Waals surface area contributed by atoms with Gasteiger partial charge in [-0.15, -0.1) is 0 Å². The highest BCUT2D eigenvalue weighted by molar-refractivity contribution is 5.87. The second kappa shape index (κ2) is 9.23. The van der Waals surface area contributed by atoms with Crippen LogP contribution in [0.3, 0.4) is 0 Å². The van der Waals surface area contributed by atoms with Crippen LogP contribution in [0.2, 0.25) is 0 Å². The topological polar surface area (TPSA) is 70.7 Å². The number of carbonyl (C=O) groups excluding carboxylic acids is 2. The summed E-state index contributed by atoms with van der Waals surface area (Å²) < 4.78 is 5.28. The van der Waals surface area contributed by atoms with Crippen molar-refractivity contribution in [2.45, 2.75) is 45.6 Å². The number of amides is 2. The van der Waals surface area contributed by atoms with Crippen molar-refractivity contribution in [1.82, 2.24) is 15.5 Å². The second-order valence-corrected chi connectivity index (χ2v) is 6.75. The quantitative estimate of drug-likeness (QED) is 0.757. The number of carbonyl (C=O) groups is 2. The van der Waals surface area contributed by atoms with Gasteiger partial charge in [-0.25, -0.2) is 0 Å². The van der Waals surface area contributed by atoms with Crippen LogP contribution in [0, 0.1) is 11.8 Å². The number of piperidine rings is 1. The van der Waals surface area contributed by atoms with E-state index in [9.17, 15) is 9.59 Å². The molecule has 0 aliphatic carbocycles. The summed E-state index contributed by atoms with van der Waals surface area (Å²) in [6.07, 6.45) is 3.50. The number of rotatable bonds is 6. The first-order valence-corrected chi connectivity index (χ1v) is 8.98. The fraction of sp³-hybridized carbons (Fsp3) is 0.882. The molecule has 0 saturated carbocycles. The molecule has 6 nitrogen and oxygen atoms in total. The third-order valence-electron chi connectivity index (χ3n) is 5.01. The molecule has 3 atom stereocenters. The molecule has 23 heavy (non-hydrogen) atoms. The molecule has 2 aliphatic rings. The van der Waals surface area contributed by atoms with Gasteiger partial charge in [0, 0.05) is 19.5 Å². The summed E-state index contributed by atoms with van der Waals surface area (Å²) in [4.78, 5) is 26.6. The Balaban J connectivity index is 1.80. The first-order chi connectivity index (χ1) is 11.1. The molecule has 2 heterocycles. The third kappa shape index (κ3) is 5.46. The van der Waals surface area contributed by atoms with Gasteiger partial charge >= 0.3 is 0 Å². The molecule has 2 rings (SSSR count). The highest BCUT2D eigenvalue weighted by atomic mass is 16.5. The number of hydrogen-bond acceptors (Lipinski definition) is 4. The van der Waals surface area contributed by atoms with E-state index in [4.69, 9.17) is 4.74 Å². The van der Waals surface area contributed by atoms with Crippen molar-refractivity contribution in [3.63, 3.8) is 0 Å². The predicted octanol–water partition coefficient (Wildman–Crippen LogP) is 0.766. The maximum atomic E-state index is 12.5. The molecule has 2 amide bonds. The molecule has 0 aromatic heterocycles. The lowest BCUT2D eigenvalue weighted by Gasteiger charge is -2.31. The zero-order valence-electron chi connectivity index (χ0n) is 14.5. The highest BCUT2D eigenvalue weighted by Crippen LogP contribution is 2.22. The van der Waals surface area contributed by atoms with E-state index in [1.54, 1.807) is 4.90 Å². The van der Waals surface area contributed by atoms with E-state index in [0.29, 0.717) is 51.0 Å². The van der Waals surface area contributed by atoms with Crippen LogP contribution in [-0.2, 0) is 14.3 Å². The Kier molecular flexibility index (Phi) is 7.30. The lowest BCUT2D eigenvalue weighted by atomic mass is 9.85. The Morgan fingerprint density at radius 2 is 2.09 bits per heavy atom. The Hall–Kier alpha value is -1.14. The van der Waals surface area contributed by atoms with Crippen LogP contribution in [0.15, 0.2) is 0 Å². The smallest absolute Gasteiger partial charge is 0.245 e. The Labute approximate surface area is 139 Å². The molecule has 132 valence electrons. The zero-order valence-corrected chi connectivity index (χ0v) is 14.5. The lowest BCUT2D eigenvalue weighted by molar-refractivity contribution is -0.140. The average Bonchev–Trinajstić information content (AvgIpc) is 2.60. The number of ether oxygens (including phenoxy) is 1. The van der Waals surface area contributed by atoms with Gasteiger partial charge in [-0.05, 0) is 44.2 Å². The van der Waals surface area contributed by atoms with Crippen LogP contribution >= 0.6 is 0 Å². The molecule has 0 radical (unpaired) electrons. The number of nitrogens with one attached hydrogen (secondary N) is 2. The first kappa shape index (κ1) is 18.2. The standard InChI is InChI=1S/C17H31N3O3/c1-3-15(17(22)20-7-9-23-10-8-20)19-16(21)11-13(2)14-5-4-6-18-12-14/h13-15,18H,3-12H2,1-2H3,(H,19,21). The van der Waals surface area contributed by atoms with Gasteiger partial charge in [0.1, 0.15) is 6.04 Å². The SMILES string of the molecule is CCC(NC(=O)CC(C)C1CCCNC1)C(=O)N1CCOCC1. The minimum Gasteiger partial charge on any atom is -0.378 e. The van der Waals surface area contributed by atoms with E-state index < -0.39 is 6.04 Å². The Morgan fingerprint density at radius 3 is 2.70 bits per heavy atom. The molecule has 0 aromatic rings. The molecular weight excluding hydrogens is 294 g/mol. The molecule has 6 heteroatoms. The van der Waals surface area contributed by atoms with Crippen LogP contribution in [0.5, 0.6) is 0 Å². The van der Waals surface area contributed by atoms with Crippen LogP contribution < -0.4 is 10.6 Å². The van der Waals surface area contributed by atoms with Gasteiger partial charge in [-0.3, -0.25) is 9.59 Å². The van der Waals surface area contributed by atoms with Crippen molar-refractivity contribution in [3.05, 3.63) is 0 Å². The molecule has 0 bridgehead atoms. The maximum absolute atomic E-state index is 12.5. The molecule has 2 aliphatic heterocycles. The van der Waals surface area contributed by atoms with Crippen molar-refractivity contribution >= 4 is 11.8 Å². The summed E-state index contributed by atoms with van der Waals surface area (Å²) in [6.45, 7) is 8.58. The summed E-state index contributed by atoms with van der Waals surface area (Å²) in [6, 6.07) is -0.405. The van der Waals surface area contributed by atoms with E-state index in [1.807, 2.05) is 6.92 Å². The summed E-state index contributed by atoms with van der Waals surface area (Å²) in [5.74, 6) is 0.927. The van der Waals surface area contributed by atoms with E-state index in [-0.39, 0.29) is 11.8 Å². The highest BCUT2D eigenvalue weighted by Gasteiger charge is 2.27. The molecule has 0 aromatic carbocycles. The number of morpholine rings is 1. The van der Waals surface area contributed by atoms with Crippen LogP contribution in [0.25, 0.3) is 0 Å². The Morgan fingerprint density at radius 1 is 1.35 bits per heavy atom. The lowest BCUT2D eigenvalue weighted by Crippen LogP contribution is -2.51. The normalized spacial score (nSPS) is 24.8. The van der Waals surface area contributed by atoms with Gasteiger partial charge < -0.3 is 20.3 Å². The molecule has 3 unspecified atom stereocenters. The summed E-state index contributed by atoms with van der Waals surface area (Å²) in [5.41, 5.74) is 0. The third-order valence-corrected chi connectivity index (χ3v) is 5.01.